The van der Waals surface area contributed by atoms with Gasteiger partial charge in [-0.05, 0) is 54.6 Å². The minimum Gasteiger partial charge on any atom is -0.454 e. The van der Waals surface area contributed by atoms with Gasteiger partial charge in [0.05, 0.1) is 11.4 Å². The van der Waals surface area contributed by atoms with E-state index >= 15 is 0 Å². The summed E-state index contributed by atoms with van der Waals surface area (Å²) in [5.74, 6) is 2.07. The van der Waals surface area contributed by atoms with Crippen molar-refractivity contribution in [1.82, 2.24) is 10.1 Å². The van der Waals surface area contributed by atoms with Crippen molar-refractivity contribution >= 4 is 17.2 Å². The molecule has 1 aliphatic heterocycles. The average Bonchev–Trinajstić information content (AvgIpc) is 3.56. The summed E-state index contributed by atoms with van der Waals surface area (Å²) in [5.41, 5.74) is 4.94. The van der Waals surface area contributed by atoms with Gasteiger partial charge in [0, 0.05) is 18.2 Å². The molecule has 5 rings (SSSR count). The lowest BCUT2D eigenvalue weighted by Crippen LogP contribution is -2.29. The Bertz CT molecular complexity index is 1260. The van der Waals surface area contributed by atoms with Crippen LogP contribution < -0.4 is 9.47 Å². The predicted molar refractivity (Wildman–Crippen MR) is 122 cm³/mol. The normalized spacial score (nSPS) is 12.2. The van der Waals surface area contributed by atoms with E-state index in [1.807, 2.05) is 55.6 Å². The average molecular weight is 447 g/mol. The van der Waals surface area contributed by atoms with Gasteiger partial charge < -0.3 is 18.9 Å². The quantitative estimate of drug-likeness (QED) is 0.386. The van der Waals surface area contributed by atoms with Gasteiger partial charge in [-0.15, -0.1) is 11.3 Å². The monoisotopic (exact) mass is 446 g/mol. The van der Waals surface area contributed by atoms with Crippen molar-refractivity contribution in [2.24, 2.45) is 0 Å². The standard InChI is InChI=1S/C25H22N2O4S/c1-16-5-6-17(2)20(10-16)22-12-19(26-31-22)14-27(25(28)24-4-3-9-32-24)13-18-7-8-21-23(11-18)30-15-29-21/h3-12H,13-15H2,1-2H3. The van der Waals surface area contributed by atoms with E-state index in [4.69, 9.17) is 14.0 Å². The highest BCUT2D eigenvalue weighted by molar-refractivity contribution is 7.12. The molecule has 0 aliphatic carbocycles. The van der Waals surface area contributed by atoms with E-state index in [9.17, 15) is 4.79 Å². The zero-order valence-corrected chi connectivity index (χ0v) is 18.6. The van der Waals surface area contributed by atoms with Crippen LogP contribution in [-0.4, -0.2) is 22.8 Å². The first-order valence-corrected chi connectivity index (χ1v) is 11.2. The molecule has 3 heterocycles. The first-order valence-electron chi connectivity index (χ1n) is 10.3. The van der Waals surface area contributed by atoms with Crippen molar-refractivity contribution in [3.05, 3.63) is 87.2 Å². The predicted octanol–water partition coefficient (Wildman–Crippen LogP) is 5.59. The highest BCUT2D eigenvalue weighted by Crippen LogP contribution is 2.33. The van der Waals surface area contributed by atoms with Crippen LogP contribution in [0.5, 0.6) is 11.5 Å². The zero-order valence-electron chi connectivity index (χ0n) is 17.8. The van der Waals surface area contributed by atoms with Gasteiger partial charge in [0.2, 0.25) is 6.79 Å². The van der Waals surface area contributed by atoms with Crippen LogP contribution in [0.1, 0.15) is 32.1 Å². The molecular formula is C25H22N2O4S. The van der Waals surface area contributed by atoms with Gasteiger partial charge in [-0.1, -0.05) is 35.0 Å². The molecule has 6 nitrogen and oxygen atoms in total. The highest BCUT2D eigenvalue weighted by atomic mass is 32.1. The number of hydrogen-bond acceptors (Lipinski definition) is 6. The minimum atomic E-state index is -0.0473. The summed E-state index contributed by atoms with van der Waals surface area (Å²) in [6, 6.07) is 17.6. The summed E-state index contributed by atoms with van der Waals surface area (Å²) in [6.07, 6.45) is 0. The van der Waals surface area contributed by atoms with Crippen LogP contribution in [-0.2, 0) is 13.1 Å². The Hall–Kier alpha value is -3.58. The van der Waals surface area contributed by atoms with E-state index in [2.05, 4.69) is 23.4 Å². The fraction of sp³-hybridized carbons (Fsp3) is 0.200. The molecule has 162 valence electrons. The van der Waals surface area contributed by atoms with Crippen molar-refractivity contribution in [3.8, 4) is 22.8 Å². The molecule has 0 N–H and O–H groups in total. The number of benzene rings is 2. The van der Waals surface area contributed by atoms with Crippen LogP contribution in [0.2, 0.25) is 0 Å². The molecule has 1 aliphatic rings. The van der Waals surface area contributed by atoms with E-state index in [0.717, 1.165) is 28.0 Å². The molecule has 2 aromatic heterocycles. The number of fused-ring (bicyclic) bond motifs is 1. The first-order chi connectivity index (χ1) is 15.6. The summed E-state index contributed by atoms with van der Waals surface area (Å²) in [4.78, 5) is 15.7. The summed E-state index contributed by atoms with van der Waals surface area (Å²) >= 11 is 1.43. The lowest BCUT2D eigenvalue weighted by molar-refractivity contribution is 0.0731. The number of thiophene rings is 1. The van der Waals surface area contributed by atoms with E-state index in [1.54, 1.807) is 4.90 Å². The lowest BCUT2D eigenvalue weighted by atomic mass is 10.0. The SMILES string of the molecule is Cc1ccc(C)c(-c2cc(CN(Cc3ccc4c(c3)OCO4)C(=O)c3cccs3)no2)c1. The van der Waals surface area contributed by atoms with Crippen LogP contribution in [0.15, 0.2) is 64.5 Å². The maximum Gasteiger partial charge on any atom is 0.264 e. The molecule has 4 aromatic rings. The molecule has 0 unspecified atom stereocenters. The van der Waals surface area contributed by atoms with Crippen LogP contribution >= 0.6 is 11.3 Å². The number of nitrogens with zero attached hydrogens (tertiary/aromatic N) is 2. The molecule has 0 saturated heterocycles. The molecular weight excluding hydrogens is 424 g/mol. The van der Waals surface area contributed by atoms with Crippen LogP contribution in [0.4, 0.5) is 0 Å². The Morgan fingerprint density at radius 1 is 1.03 bits per heavy atom. The van der Waals surface area contributed by atoms with Crippen LogP contribution in [0.3, 0.4) is 0 Å². The number of aromatic nitrogens is 1. The van der Waals surface area contributed by atoms with Gasteiger partial charge in [0.15, 0.2) is 17.3 Å². The highest BCUT2D eigenvalue weighted by Gasteiger charge is 2.21. The smallest absolute Gasteiger partial charge is 0.264 e. The minimum absolute atomic E-state index is 0.0473. The summed E-state index contributed by atoms with van der Waals surface area (Å²) in [7, 11) is 0. The second-order valence-corrected chi connectivity index (χ2v) is 8.77. The molecule has 0 fully saturated rings. The lowest BCUT2D eigenvalue weighted by Gasteiger charge is -2.21. The van der Waals surface area contributed by atoms with Crippen molar-refractivity contribution in [1.29, 1.82) is 0 Å². The Morgan fingerprint density at radius 2 is 1.91 bits per heavy atom. The molecule has 32 heavy (non-hydrogen) atoms. The first kappa shape index (κ1) is 20.3. The zero-order chi connectivity index (χ0) is 22.1. The van der Waals surface area contributed by atoms with Crippen molar-refractivity contribution in [2.75, 3.05) is 6.79 Å². The summed E-state index contributed by atoms with van der Waals surface area (Å²) in [6.45, 7) is 5.06. The molecule has 7 heteroatoms. The van der Waals surface area contributed by atoms with E-state index in [-0.39, 0.29) is 12.7 Å². The van der Waals surface area contributed by atoms with Crippen molar-refractivity contribution in [3.63, 3.8) is 0 Å². The van der Waals surface area contributed by atoms with E-state index < -0.39 is 0 Å². The molecule has 0 spiro atoms. The van der Waals surface area contributed by atoms with Crippen molar-refractivity contribution in [2.45, 2.75) is 26.9 Å². The molecule has 0 saturated carbocycles. The van der Waals surface area contributed by atoms with E-state index in [1.165, 1.54) is 11.3 Å². The van der Waals surface area contributed by atoms with Crippen LogP contribution in [0.25, 0.3) is 11.3 Å². The second-order valence-electron chi connectivity index (χ2n) is 7.83. The molecule has 2 aromatic carbocycles. The Kier molecular flexibility index (Phi) is 5.41. The third-order valence-corrected chi connectivity index (χ3v) is 6.26. The number of rotatable bonds is 6. The van der Waals surface area contributed by atoms with Gasteiger partial charge >= 0.3 is 0 Å². The Morgan fingerprint density at radius 3 is 2.75 bits per heavy atom. The Balaban J connectivity index is 1.42. The maximum atomic E-state index is 13.2. The number of carbonyl (C=O) groups is 1. The van der Waals surface area contributed by atoms with Gasteiger partial charge in [0.25, 0.3) is 5.91 Å². The number of amides is 1. The maximum absolute atomic E-state index is 13.2. The molecule has 0 atom stereocenters. The molecule has 1 amide bonds. The summed E-state index contributed by atoms with van der Waals surface area (Å²) in [5, 5.41) is 6.16. The molecule has 0 radical (unpaired) electrons. The fourth-order valence-electron chi connectivity index (χ4n) is 3.73. The van der Waals surface area contributed by atoms with Crippen molar-refractivity contribution < 1.29 is 18.8 Å². The van der Waals surface area contributed by atoms with Gasteiger partial charge in [-0.25, -0.2) is 0 Å². The number of ether oxygens (including phenoxy) is 2. The summed E-state index contributed by atoms with van der Waals surface area (Å²) < 4.78 is 16.5. The van der Waals surface area contributed by atoms with Gasteiger partial charge in [-0.2, -0.15) is 0 Å². The third-order valence-electron chi connectivity index (χ3n) is 5.40. The van der Waals surface area contributed by atoms with Crippen LogP contribution in [0, 0.1) is 13.8 Å². The number of carbonyl (C=O) groups excluding carboxylic acids is 1. The third kappa shape index (κ3) is 4.11. The number of aryl methyl sites for hydroxylation is 2. The topological polar surface area (TPSA) is 64.8 Å². The van der Waals surface area contributed by atoms with Gasteiger partial charge in [0.1, 0.15) is 5.69 Å². The fourth-order valence-corrected chi connectivity index (χ4v) is 4.42. The second kappa shape index (κ2) is 8.51. The largest absolute Gasteiger partial charge is 0.454 e. The van der Waals surface area contributed by atoms with E-state index in [0.29, 0.717) is 35.2 Å². The molecule has 0 bridgehead atoms. The van der Waals surface area contributed by atoms with Gasteiger partial charge in [-0.3, -0.25) is 4.79 Å². The number of hydrogen-bond donors (Lipinski definition) is 0. The Labute approximate surface area is 190 Å².